The van der Waals surface area contributed by atoms with Gasteiger partial charge in [0.1, 0.15) is 9.71 Å². The molecule has 0 aliphatic heterocycles. The van der Waals surface area contributed by atoms with Crippen molar-refractivity contribution < 1.29 is 9.53 Å². The number of rotatable bonds is 7. The molecule has 4 rings (SSSR count). The van der Waals surface area contributed by atoms with Crippen LogP contribution in [0.15, 0.2) is 58.5 Å². The molecule has 0 atom stereocenters. The van der Waals surface area contributed by atoms with E-state index in [4.69, 9.17) is 32.9 Å². The van der Waals surface area contributed by atoms with Crippen LogP contribution in [0, 0.1) is 6.92 Å². The number of hydrogen-bond acceptors (Lipinski definition) is 6. The number of hydrogen-bond donors (Lipinski definition) is 0. The third-order valence-corrected chi connectivity index (χ3v) is 7.88. The standard InChI is InChI=1S/C24H20Cl2N2O3S2/c1-3-31-23(30)20-14(2)19-21(33-20)27-24(32-13-15-8-10-17(25)11-9-15)28(22(19)29)12-16-6-4-5-7-18(16)26/h4-11H,3,12-13H2,1-2H3. The summed E-state index contributed by atoms with van der Waals surface area (Å²) in [6.45, 7) is 4.04. The van der Waals surface area contributed by atoms with E-state index in [-0.39, 0.29) is 18.7 Å². The first-order valence-corrected chi connectivity index (χ1v) is 12.8. The van der Waals surface area contributed by atoms with Crippen LogP contribution in [0.4, 0.5) is 0 Å². The molecule has 170 valence electrons. The number of benzene rings is 2. The van der Waals surface area contributed by atoms with E-state index in [0.29, 0.717) is 41.6 Å². The van der Waals surface area contributed by atoms with Gasteiger partial charge in [0.05, 0.1) is 18.5 Å². The maximum absolute atomic E-state index is 13.6. The Labute approximate surface area is 209 Å². The summed E-state index contributed by atoms with van der Waals surface area (Å²) in [5.74, 6) is 0.164. The highest BCUT2D eigenvalue weighted by molar-refractivity contribution is 7.98. The molecule has 0 spiro atoms. The first kappa shape index (κ1) is 23.8. The fraction of sp³-hybridized carbons (Fsp3) is 0.208. The summed E-state index contributed by atoms with van der Waals surface area (Å²) in [6.07, 6.45) is 0. The molecule has 0 aliphatic rings. The zero-order chi connectivity index (χ0) is 23.5. The molecule has 0 bridgehead atoms. The molecule has 5 nitrogen and oxygen atoms in total. The molecule has 0 saturated heterocycles. The summed E-state index contributed by atoms with van der Waals surface area (Å²) < 4.78 is 6.79. The molecule has 0 unspecified atom stereocenters. The van der Waals surface area contributed by atoms with Gasteiger partial charge in [-0.15, -0.1) is 11.3 Å². The van der Waals surface area contributed by atoms with E-state index in [9.17, 15) is 9.59 Å². The zero-order valence-electron chi connectivity index (χ0n) is 17.9. The second-order valence-corrected chi connectivity index (χ2v) is 10.0. The van der Waals surface area contributed by atoms with Crippen LogP contribution < -0.4 is 5.56 Å². The Hall–Kier alpha value is -2.32. The molecule has 0 radical (unpaired) electrons. The van der Waals surface area contributed by atoms with Crippen molar-refractivity contribution in [3.05, 3.63) is 90.5 Å². The third kappa shape index (κ3) is 5.11. The number of aromatic nitrogens is 2. The lowest BCUT2D eigenvalue weighted by molar-refractivity contribution is 0.0531. The van der Waals surface area contributed by atoms with Gasteiger partial charge in [-0.05, 0) is 48.7 Å². The predicted molar refractivity (Wildman–Crippen MR) is 136 cm³/mol. The quantitative estimate of drug-likeness (QED) is 0.157. The lowest BCUT2D eigenvalue weighted by Crippen LogP contribution is -2.24. The number of thiophene rings is 1. The minimum atomic E-state index is -0.439. The molecule has 2 heterocycles. The lowest BCUT2D eigenvalue weighted by atomic mass is 10.2. The van der Waals surface area contributed by atoms with Gasteiger partial charge in [0.2, 0.25) is 0 Å². The molecule has 2 aromatic carbocycles. The highest BCUT2D eigenvalue weighted by Gasteiger charge is 2.23. The topological polar surface area (TPSA) is 61.2 Å². The molecule has 0 N–H and O–H groups in total. The molecular weight excluding hydrogens is 499 g/mol. The minimum Gasteiger partial charge on any atom is -0.462 e. The molecule has 9 heteroatoms. The first-order valence-electron chi connectivity index (χ1n) is 10.2. The van der Waals surface area contributed by atoms with Gasteiger partial charge < -0.3 is 4.74 Å². The SMILES string of the molecule is CCOC(=O)c1sc2nc(SCc3ccc(Cl)cc3)n(Cc3ccccc3Cl)c(=O)c2c1C. The molecule has 0 aliphatic carbocycles. The fourth-order valence-electron chi connectivity index (χ4n) is 3.36. The number of nitrogens with zero attached hydrogens (tertiary/aromatic N) is 2. The normalized spacial score (nSPS) is 11.2. The molecule has 0 amide bonds. The summed E-state index contributed by atoms with van der Waals surface area (Å²) in [7, 11) is 0. The van der Waals surface area contributed by atoms with Crippen molar-refractivity contribution in [3.63, 3.8) is 0 Å². The average molecular weight is 519 g/mol. The Morgan fingerprint density at radius 2 is 1.88 bits per heavy atom. The smallest absolute Gasteiger partial charge is 0.348 e. The van der Waals surface area contributed by atoms with Crippen molar-refractivity contribution in [2.24, 2.45) is 0 Å². The van der Waals surface area contributed by atoms with Crippen LogP contribution >= 0.6 is 46.3 Å². The van der Waals surface area contributed by atoms with Gasteiger partial charge in [-0.1, -0.05) is 65.3 Å². The monoisotopic (exact) mass is 518 g/mol. The highest BCUT2D eigenvalue weighted by atomic mass is 35.5. The Bertz CT molecular complexity index is 1380. The number of fused-ring (bicyclic) bond motifs is 1. The van der Waals surface area contributed by atoms with Gasteiger partial charge in [-0.3, -0.25) is 9.36 Å². The highest BCUT2D eigenvalue weighted by Crippen LogP contribution is 2.31. The van der Waals surface area contributed by atoms with Crippen molar-refractivity contribution >= 4 is 62.5 Å². The number of esters is 1. The largest absolute Gasteiger partial charge is 0.462 e. The van der Waals surface area contributed by atoms with E-state index in [1.165, 1.54) is 23.1 Å². The summed E-state index contributed by atoms with van der Waals surface area (Å²) in [5, 5.41) is 2.23. The number of carbonyl (C=O) groups excluding carboxylic acids is 1. The van der Waals surface area contributed by atoms with Gasteiger partial charge in [-0.25, -0.2) is 9.78 Å². The molecular formula is C24H20Cl2N2O3S2. The average Bonchev–Trinajstić information content (AvgIpc) is 3.13. The van der Waals surface area contributed by atoms with E-state index >= 15 is 0 Å². The number of carbonyl (C=O) groups is 1. The number of ether oxygens (including phenoxy) is 1. The van der Waals surface area contributed by atoms with Crippen LogP contribution in [0.25, 0.3) is 10.2 Å². The molecule has 4 aromatic rings. The van der Waals surface area contributed by atoms with Crippen LogP contribution in [0.1, 0.15) is 33.3 Å². The summed E-state index contributed by atoms with van der Waals surface area (Å²) >= 11 is 15.0. The predicted octanol–water partition coefficient (Wildman–Crippen LogP) is 6.59. The lowest BCUT2D eigenvalue weighted by Gasteiger charge is -2.13. The number of halogens is 2. The van der Waals surface area contributed by atoms with Crippen LogP contribution in [0.2, 0.25) is 10.0 Å². The fourth-order valence-corrected chi connectivity index (χ4v) is 5.76. The minimum absolute atomic E-state index is 0.206. The summed E-state index contributed by atoms with van der Waals surface area (Å²) in [4.78, 5) is 31.8. The van der Waals surface area contributed by atoms with Crippen LogP contribution in [-0.2, 0) is 17.0 Å². The summed E-state index contributed by atoms with van der Waals surface area (Å²) in [5.41, 5.74) is 2.25. The van der Waals surface area contributed by atoms with Gasteiger partial charge in [0, 0.05) is 15.8 Å². The van der Waals surface area contributed by atoms with Gasteiger partial charge >= 0.3 is 5.97 Å². The second-order valence-electron chi connectivity index (χ2n) is 7.25. The second kappa shape index (κ2) is 10.3. The maximum Gasteiger partial charge on any atom is 0.348 e. The zero-order valence-corrected chi connectivity index (χ0v) is 21.1. The Morgan fingerprint density at radius 1 is 1.15 bits per heavy atom. The molecule has 2 aromatic heterocycles. The number of thioether (sulfide) groups is 1. The van der Waals surface area contributed by atoms with Gasteiger partial charge in [0.15, 0.2) is 5.16 Å². The van der Waals surface area contributed by atoms with Crippen LogP contribution in [0.5, 0.6) is 0 Å². The van der Waals surface area contributed by atoms with Crippen molar-refractivity contribution in [2.75, 3.05) is 6.61 Å². The van der Waals surface area contributed by atoms with Crippen molar-refractivity contribution in [3.8, 4) is 0 Å². The molecule has 33 heavy (non-hydrogen) atoms. The Balaban J connectivity index is 1.82. The van der Waals surface area contributed by atoms with E-state index in [1.54, 1.807) is 24.5 Å². The van der Waals surface area contributed by atoms with Crippen molar-refractivity contribution in [1.82, 2.24) is 9.55 Å². The number of aryl methyl sites for hydroxylation is 1. The van der Waals surface area contributed by atoms with E-state index in [1.807, 2.05) is 42.5 Å². The van der Waals surface area contributed by atoms with Crippen molar-refractivity contribution in [2.45, 2.75) is 31.3 Å². The maximum atomic E-state index is 13.6. The van der Waals surface area contributed by atoms with Crippen LogP contribution in [0.3, 0.4) is 0 Å². The Morgan fingerprint density at radius 3 is 2.58 bits per heavy atom. The third-order valence-electron chi connectivity index (χ3n) is 5.04. The van der Waals surface area contributed by atoms with Gasteiger partial charge in [-0.2, -0.15) is 0 Å². The Kier molecular flexibility index (Phi) is 7.44. The van der Waals surface area contributed by atoms with Crippen molar-refractivity contribution in [1.29, 1.82) is 0 Å². The van der Waals surface area contributed by atoms with E-state index in [0.717, 1.165) is 11.1 Å². The van der Waals surface area contributed by atoms with Crippen LogP contribution in [-0.4, -0.2) is 22.1 Å². The van der Waals surface area contributed by atoms with E-state index in [2.05, 4.69) is 0 Å². The molecule has 0 fully saturated rings. The molecule has 0 saturated carbocycles. The summed E-state index contributed by atoms with van der Waals surface area (Å²) in [6, 6.07) is 15.0. The van der Waals surface area contributed by atoms with Gasteiger partial charge in [0.25, 0.3) is 5.56 Å². The van der Waals surface area contributed by atoms with E-state index < -0.39 is 5.97 Å². The first-order chi connectivity index (χ1) is 15.9.